The summed E-state index contributed by atoms with van der Waals surface area (Å²) in [5.74, 6) is -0.356. The Labute approximate surface area is 190 Å². The standard InChI is InChI=1S/C25H25F3N4O/c26-25(27,28)22-5-7-23(8-6-22)30-24(33)21-3-1-19(2-4-21)17-31-13-15-32(16-14-31)18-20-9-11-29-12-10-20/h1-12H,13-18H2,(H,30,33). The molecule has 1 saturated heterocycles. The van der Waals surface area contributed by atoms with E-state index in [1.54, 1.807) is 12.1 Å². The number of carbonyl (C=O) groups is 1. The van der Waals surface area contributed by atoms with Crippen molar-refractivity contribution >= 4 is 11.6 Å². The third-order valence-electron chi connectivity index (χ3n) is 5.71. The molecule has 1 aliphatic rings. The zero-order valence-corrected chi connectivity index (χ0v) is 18.1. The molecule has 1 aliphatic heterocycles. The number of carbonyl (C=O) groups excluding carboxylic acids is 1. The molecule has 1 fully saturated rings. The molecule has 0 saturated carbocycles. The van der Waals surface area contributed by atoms with Crippen LogP contribution in [0.5, 0.6) is 0 Å². The highest BCUT2D eigenvalue weighted by Crippen LogP contribution is 2.29. The number of nitrogens with one attached hydrogen (secondary N) is 1. The average molecular weight is 454 g/mol. The van der Waals surface area contributed by atoms with Crippen LogP contribution >= 0.6 is 0 Å². The Morgan fingerprint density at radius 3 is 1.82 bits per heavy atom. The van der Waals surface area contributed by atoms with E-state index in [9.17, 15) is 18.0 Å². The van der Waals surface area contributed by atoms with Crippen LogP contribution < -0.4 is 5.32 Å². The van der Waals surface area contributed by atoms with Gasteiger partial charge in [0.25, 0.3) is 5.91 Å². The lowest BCUT2D eigenvalue weighted by Gasteiger charge is -2.34. The van der Waals surface area contributed by atoms with Crippen LogP contribution in [0.2, 0.25) is 0 Å². The molecule has 0 unspecified atom stereocenters. The molecule has 172 valence electrons. The highest BCUT2D eigenvalue weighted by atomic mass is 19.4. The van der Waals surface area contributed by atoms with Gasteiger partial charge in [0.05, 0.1) is 5.56 Å². The number of amides is 1. The number of benzene rings is 2. The maximum absolute atomic E-state index is 12.7. The van der Waals surface area contributed by atoms with E-state index in [0.717, 1.165) is 57.0 Å². The molecular formula is C25H25F3N4O. The van der Waals surface area contributed by atoms with Gasteiger partial charge >= 0.3 is 6.18 Å². The van der Waals surface area contributed by atoms with Crippen LogP contribution in [-0.2, 0) is 19.3 Å². The zero-order chi connectivity index (χ0) is 23.3. The molecule has 0 spiro atoms. The Balaban J connectivity index is 1.26. The van der Waals surface area contributed by atoms with Crippen LogP contribution in [-0.4, -0.2) is 46.9 Å². The van der Waals surface area contributed by atoms with E-state index < -0.39 is 11.7 Å². The summed E-state index contributed by atoms with van der Waals surface area (Å²) in [6.07, 6.45) is -0.761. The maximum atomic E-state index is 12.7. The highest BCUT2D eigenvalue weighted by Gasteiger charge is 2.30. The number of hydrogen-bond donors (Lipinski definition) is 1. The van der Waals surface area contributed by atoms with Gasteiger partial charge in [-0.3, -0.25) is 19.6 Å². The van der Waals surface area contributed by atoms with E-state index in [1.165, 1.54) is 17.7 Å². The molecule has 4 rings (SSSR count). The van der Waals surface area contributed by atoms with Crippen molar-refractivity contribution in [2.45, 2.75) is 19.3 Å². The molecule has 1 N–H and O–H groups in total. The molecule has 0 bridgehead atoms. The minimum atomic E-state index is -4.40. The van der Waals surface area contributed by atoms with Crippen molar-refractivity contribution in [2.75, 3.05) is 31.5 Å². The number of piperazine rings is 1. The zero-order valence-electron chi connectivity index (χ0n) is 18.1. The Morgan fingerprint density at radius 2 is 1.30 bits per heavy atom. The summed E-state index contributed by atoms with van der Waals surface area (Å²) < 4.78 is 38.0. The van der Waals surface area contributed by atoms with Crippen molar-refractivity contribution < 1.29 is 18.0 Å². The minimum Gasteiger partial charge on any atom is -0.322 e. The van der Waals surface area contributed by atoms with Gasteiger partial charge in [0.15, 0.2) is 0 Å². The molecule has 2 aromatic carbocycles. The number of hydrogen-bond acceptors (Lipinski definition) is 4. The minimum absolute atomic E-state index is 0.321. The van der Waals surface area contributed by atoms with Gasteiger partial charge in [-0.25, -0.2) is 0 Å². The number of aromatic nitrogens is 1. The Hall–Kier alpha value is -3.23. The molecule has 33 heavy (non-hydrogen) atoms. The first-order valence-electron chi connectivity index (χ1n) is 10.8. The lowest BCUT2D eigenvalue weighted by Crippen LogP contribution is -2.45. The number of pyridine rings is 1. The van der Waals surface area contributed by atoms with E-state index in [2.05, 4.69) is 20.1 Å². The molecule has 1 aromatic heterocycles. The van der Waals surface area contributed by atoms with Crippen molar-refractivity contribution in [3.05, 3.63) is 95.3 Å². The van der Waals surface area contributed by atoms with Crippen molar-refractivity contribution in [1.29, 1.82) is 0 Å². The smallest absolute Gasteiger partial charge is 0.322 e. The quantitative estimate of drug-likeness (QED) is 0.588. The van der Waals surface area contributed by atoms with Crippen molar-refractivity contribution in [3.63, 3.8) is 0 Å². The summed E-state index contributed by atoms with van der Waals surface area (Å²) in [6.45, 7) is 5.68. The van der Waals surface area contributed by atoms with Crippen LogP contribution in [0.3, 0.4) is 0 Å². The van der Waals surface area contributed by atoms with Crippen molar-refractivity contribution in [3.8, 4) is 0 Å². The van der Waals surface area contributed by atoms with Gasteiger partial charge in [-0.05, 0) is 59.7 Å². The van der Waals surface area contributed by atoms with Crippen LogP contribution in [0, 0.1) is 0 Å². The summed E-state index contributed by atoms with van der Waals surface area (Å²) in [5, 5.41) is 2.64. The summed E-state index contributed by atoms with van der Waals surface area (Å²) in [7, 11) is 0. The number of halogens is 3. The number of rotatable bonds is 6. The first-order chi connectivity index (χ1) is 15.9. The third-order valence-corrected chi connectivity index (χ3v) is 5.71. The topological polar surface area (TPSA) is 48.5 Å². The van der Waals surface area contributed by atoms with E-state index in [1.807, 2.05) is 36.7 Å². The monoisotopic (exact) mass is 454 g/mol. The Morgan fingerprint density at radius 1 is 0.788 bits per heavy atom. The van der Waals surface area contributed by atoms with E-state index in [0.29, 0.717) is 11.3 Å². The van der Waals surface area contributed by atoms with Gasteiger partial charge < -0.3 is 5.32 Å². The molecule has 0 aliphatic carbocycles. The molecule has 3 aromatic rings. The second kappa shape index (κ2) is 10.1. The summed E-state index contributed by atoms with van der Waals surface area (Å²) >= 11 is 0. The first kappa shape index (κ1) is 22.9. The predicted molar refractivity (Wildman–Crippen MR) is 121 cm³/mol. The normalized spacial score (nSPS) is 15.4. The second-order valence-corrected chi connectivity index (χ2v) is 8.13. The summed E-state index contributed by atoms with van der Waals surface area (Å²) in [6, 6.07) is 15.8. The maximum Gasteiger partial charge on any atom is 0.416 e. The van der Waals surface area contributed by atoms with Gasteiger partial charge in [0.2, 0.25) is 0 Å². The van der Waals surface area contributed by atoms with Gasteiger partial charge in [-0.1, -0.05) is 12.1 Å². The Kier molecular flexibility index (Phi) is 7.05. The molecule has 0 radical (unpaired) electrons. The van der Waals surface area contributed by atoms with Gasteiger partial charge in [-0.2, -0.15) is 13.2 Å². The predicted octanol–water partition coefficient (Wildman–Crippen LogP) is 4.67. The molecule has 5 nitrogen and oxygen atoms in total. The third kappa shape index (κ3) is 6.40. The molecule has 1 amide bonds. The average Bonchev–Trinajstić information content (AvgIpc) is 2.81. The lowest BCUT2D eigenvalue weighted by atomic mass is 10.1. The van der Waals surface area contributed by atoms with Crippen LogP contribution in [0.15, 0.2) is 73.1 Å². The van der Waals surface area contributed by atoms with E-state index >= 15 is 0 Å². The van der Waals surface area contributed by atoms with Gasteiger partial charge in [0, 0.05) is 62.9 Å². The van der Waals surface area contributed by atoms with Crippen LogP contribution in [0.1, 0.15) is 27.0 Å². The van der Waals surface area contributed by atoms with Gasteiger partial charge in [-0.15, -0.1) is 0 Å². The van der Waals surface area contributed by atoms with Crippen molar-refractivity contribution in [1.82, 2.24) is 14.8 Å². The van der Waals surface area contributed by atoms with Crippen molar-refractivity contribution in [2.24, 2.45) is 0 Å². The highest BCUT2D eigenvalue weighted by molar-refractivity contribution is 6.04. The fourth-order valence-corrected chi connectivity index (χ4v) is 3.82. The number of alkyl halides is 3. The fraction of sp³-hybridized carbons (Fsp3) is 0.280. The fourth-order valence-electron chi connectivity index (χ4n) is 3.82. The number of anilines is 1. The van der Waals surface area contributed by atoms with Crippen LogP contribution in [0.4, 0.5) is 18.9 Å². The van der Waals surface area contributed by atoms with Crippen LogP contribution in [0.25, 0.3) is 0 Å². The summed E-state index contributed by atoms with van der Waals surface area (Å²) in [5.41, 5.74) is 2.41. The SMILES string of the molecule is O=C(Nc1ccc(C(F)(F)F)cc1)c1ccc(CN2CCN(Cc3ccncc3)CC2)cc1. The second-order valence-electron chi connectivity index (χ2n) is 8.13. The lowest BCUT2D eigenvalue weighted by molar-refractivity contribution is -0.137. The van der Waals surface area contributed by atoms with Gasteiger partial charge in [0.1, 0.15) is 0 Å². The largest absolute Gasteiger partial charge is 0.416 e. The van der Waals surface area contributed by atoms with E-state index in [4.69, 9.17) is 0 Å². The molecule has 0 atom stereocenters. The summed E-state index contributed by atoms with van der Waals surface area (Å²) in [4.78, 5) is 21.3. The molecular weight excluding hydrogens is 429 g/mol. The molecule has 2 heterocycles. The first-order valence-corrected chi connectivity index (χ1v) is 10.8. The van der Waals surface area contributed by atoms with E-state index in [-0.39, 0.29) is 5.91 Å². The molecule has 8 heteroatoms. The Bertz CT molecular complexity index is 1050. The number of nitrogens with zero attached hydrogens (tertiary/aromatic N) is 3.